The molecule has 4 rings (SSSR count). The second-order valence-electron chi connectivity index (χ2n) is 9.89. The Kier molecular flexibility index (Phi) is 7.71. The van der Waals surface area contributed by atoms with E-state index in [4.69, 9.17) is 5.73 Å². The number of aromatic nitrogens is 2. The number of carbonyl (C=O) groups is 1. The number of nitrogens with zero attached hydrogens (tertiary/aromatic N) is 3. The number of nitrogens with one attached hydrogen (secondary N) is 1. The first-order valence-corrected chi connectivity index (χ1v) is 12.5. The van der Waals surface area contributed by atoms with Crippen LogP contribution in [-0.2, 0) is 6.54 Å². The summed E-state index contributed by atoms with van der Waals surface area (Å²) in [5.41, 5.74) is 12.6. The highest BCUT2D eigenvalue weighted by Gasteiger charge is 2.23. The smallest absolute Gasteiger partial charge is 0.254 e. The quantitative estimate of drug-likeness (QED) is 0.456. The third-order valence-corrected chi connectivity index (χ3v) is 6.68. The fraction of sp³-hybridized carbons (Fsp3) is 0.379. The monoisotopic (exact) mass is 471 g/mol. The van der Waals surface area contributed by atoms with Crippen molar-refractivity contribution in [1.29, 1.82) is 0 Å². The summed E-state index contributed by atoms with van der Waals surface area (Å²) in [5.74, 6) is 1.08. The standard InChI is InChI=1S/C29H37N5O/c1-20(2)34(21(3)4)29(35)24-10-8-22(9-11-24)28(25-6-5-7-26(30)18-25)23-12-16-33(17-13-23)19-27-31-14-15-32-27/h5-11,14-15,18,20-21H,12-13,16-17,19,30H2,1-4H3,(H,31,32). The number of carbonyl (C=O) groups excluding carboxylic acids is 1. The molecule has 6 nitrogen and oxygen atoms in total. The molecular weight excluding hydrogens is 434 g/mol. The van der Waals surface area contributed by atoms with Crippen molar-refractivity contribution in [3.05, 3.63) is 89.0 Å². The molecule has 1 aliphatic heterocycles. The van der Waals surface area contributed by atoms with Gasteiger partial charge in [0.05, 0.1) is 6.54 Å². The highest BCUT2D eigenvalue weighted by atomic mass is 16.2. The van der Waals surface area contributed by atoms with Crippen LogP contribution in [0.2, 0.25) is 0 Å². The van der Waals surface area contributed by atoms with Gasteiger partial charge in [-0.1, -0.05) is 29.8 Å². The normalized spacial score (nSPS) is 14.5. The molecule has 1 saturated heterocycles. The fourth-order valence-corrected chi connectivity index (χ4v) is 5.09. The molecule has 3 aromatic rings. The lowest BCUT2D eigenvalue weighted by atomic mass is 9.88. The van der Waals surface area contributed by atoms with Crippen molar-refractivity contribution in [3.63, 3.8) is 0 Å². The summed E-state index contributed by atoms with van der Waals surface area (Å²) >= 11 is 0. The molecule has 6 heteroatoms. The average Bonchev–Trinajstić information content (AvgIpc) is 3.33. The Bertz CT molecular complexity index is 1140. The second-order valence-corrected chi connectivity index (χ2v) is 9.89. The Morgan fingerprint density at radius 2 is 1.66 bits per heavy atom. The Labute approximate surface area is 208 Å². The van der Waals surface area contributed by atoms with Crippen molar-refractivity contribution in [2.45, 2.75) is 59.2 Å². The molecule has 0 spiro atoms. The SMILES string of the molecule is CC(C)N(C(=O)c1ccc(C(=C2CCN(Cc3ncc[nH]3)CC2)c2cccc(N)c2)cc1)C(C)C. The lowest BCUT2D eigenvalue weighted by Crippen LogP contribution is -2.42. The van der Waals surface area contributed by atoms with Crippen LogP contribution in [0.25, 0.3) is 5.57 Å². The molecule has 184 valence electrons. The number of likely N-dealkylation sites (tertiary alicyclic amines) is 1. The van der Waals surface area contributed by atoms with Crippen molar-refractivity contribution < 1.29 is 4.79 Å². The zero-order valence-corrected chi connectivity index (χ0v) is 21.3. The molecule has 0 radical (unpaired) electrons. The number of nitrogens with two attached hydrogens (primary N) is 1. The van der Waals surface area contributed by atoms with E-state index in [-0.39, 0.29) is 18.0 Å². The van der Waals surface area contributed by atoms with E-state index in [1.54, 1.807) is 6.20 Å². The van der Waals surface area contributed by atoms with E-state index in [1.807, 2.05) is 35.4 Å². The predicted molar refractivity (Wildman–Crippen MR) is 143 cm³/mol. The van der Waals surface area contributed by atoms with Crippen LogP contribution < -0.4 is 5.73 Å². The molecule has 0 atom stereocenters. The van der Waals surface area contributed by atoms with Crippen LogP contribution in [0.5, 0.6) is 0 Å². The number of imidazole rings is 1. The van der Waals surface area contributed by atoms with E-state index < -0.39 is 0 Å². The van der Waals surface area contributed by atoms with E-state index in [1.165, 1.54) is 11.1 Å². The number of nitrogen functional groups attached to an aromatic ring is 1. The number of anilines is 1. The predicted octanol–water partition coefficient (Wildman–Crippen LogP) is 5.35. The molecule has 35 heavy (non-hydrogen) atoms. The molecule has 0 unspecified atom stereocenters. The lowest BCUT2D eigenvalue weighted by molar-refractivity contribution is 0.0643. The third kappa shape index (κ3) is 5.82. The maximum Gasteiger partial charge on any atom is 0.254 e. The van der Waals surface area contributed by atoms with Gasteiger partial charge in [0.1, 0.15) is 5.82 Å². The molecule has 0 bridgehead atoms. The summed E-state index contributed by atoms with van der Waals surface area (Å²) in [6, 6.07) is 16.5. The van der Waals surface area contributed by atoms with Gasteiger partial charge in [0.2, 0.25) is 0 Å². The van der Waals surface area contributed by atoms with Gasteiger partial charge in [-0.2, -0.15) is 0 Å². The number of H-pyrrole nitrogens is 1. The highest BCUT2D eigenvalue weighted by molar-refractivity contribution is 5.95. The Morgan fingerprint density at radius 3 is 2.23 bits per heavy atom. The minimum absolute atomic E-state index is 0.0749. The minimum Gasteiger partial charge on any atom is -0.399 e. The number of aromatic amines is 1. The van der Waals surface area contributed by atoms with E-state index >= 15 is 0 Å². The van der Waals surface area contributed by atoms with Gasteiger partial charge < -0.3 is 15.6 Å². The number of piperidine rings is 1. The van der Waals surface area contributed by atoms with Crippen LogP contribution in [0, 0.1) is 0 Å². The van der Waals surface area contributed by atoms with E-state index in [0.29, 0.717) is 0 Å². The minimum atomic E-state index is 0.0749. The third-order valence-electron chi connectivity index (χ3n) is 6.68. The van der Waals surface area contributed by atoms with Crippen LogP contribution >= 0.6 is 0 Å². The molecule has 1 fully saturated rings. The van der Waals surface area contributed by atoms with E-state index in [0.717, 1.165) is 60.7 Å². The molecule has 1 aliphatic rings. The largest absolute Gasteiger partial charge is 0.399 e. The van der Waals surface area contributed by atoms with Gasteiger partial charge in [0.25, 0.3) is 5.91 Å². The maximum absolute atomic E-state index is 13.2. The number of benzene rings is 2. The van der Waals surface area contributed by atoms with E-state index in [9.17, 15) is 4.79 Å². The Balaban J connectivity index is 1.62. The van der Waals surface area contributed by atoms with Crippen LogP contribution in [0.15, 0.2) is 66.5 Å². The first-order valence-electron chi connectivity index (χ1n) is 12.5. The fourth-order valence-electron chi connectivity index (χ4n) is 5.09. The maximum atomic E-state index is 13.2. The zero-order valence-electron chi connectivity index (χ0n) is 21.3. The molecule has 3 N–H and O–H groups in total. The molecule has 1 aromatic heterocycles. The Hall–Kier alpha value is -3.38. The van der Waals surface area contributed by atoms with Crippen molar-refractivity contribution in [2.24, 2.45) is 0 Å². The molecule has 2 heterocycles. The lowest BCUT2D eigenvalue weighted by Gasteiger charge is -2.31. The van der Waals surface area contributed by atoms with Crippen molar-refractivity contribution in [3.8, 4) is 0 Å². The van der Waals surface area contributed by atoms with Gasteiger partial charge >= 0.3 is 0 Å². The van der Waals surface area contributed by atoms with Gasteiger partial charge in [0.15, 0.2) is 0 Å². The van der Waals surface area contributed by atoms with Crippen LogP contribution in [-0.4, -0.2) is 50.8 Å². The summed E-state index contributed by atoms with van der Waals surface area (Å²) in [6.45, 7) is 11.1. The van der Waals surface area contributed by atoms with Gasteiger partial charge in [-0.15, -0.1) is 0 Å². The second kappa shape index (κ2) is 10.9. The first-order chi connectivity index (χ1) is 16.8. The van der Waals surface area contributed by atoms with Crippen LogP contribution in [0.1, 0.15) is 67.8 Å². The Morgan fingerprint density at radius 1 is 1.00 bits per heavy atom. The molecular formula is C29H37N5O. The van der Waals surface area contributed by atoms with Gasteiger partial charge in [-0.25, -0.2) is 4.98 Å². The summed E-state index contributed by atoms with van der Waals surface area (Å²) in [5, 5.41) is 0. The van der Waals surface area contributed by atoms with Crippen LogP contribution in [0.3, 0.4) is 0 Å². The summed E-state index contributed by atoms with van der Waals surface area (Å²) in [7, 11) is 0. The average molecular weight is 472 g/mol. The number of hydrogen-bond acceptors (Lipinski definition) is 4. The molecule has 2 aromatic carbocycles. The highest BCUT2D eigenvalue weighted by Crippen LogP contribution is 2.33. The topological polar surface area (TPSA) is 78.2 Å². The van der Waals surface area contributed by atoms with Crippen LogP contribution in [0.4, 0.5) is 5.69 Å². The van der Waals surface area contributed by atoms with Crippen molar-refractivity contribution in [1.82, 2.24) is 19.8 Å². The van der Waals surface area contributed by atoms with Gasteiger partial charge in [-0.05, 0) is 81.5 Å². The molecule has 1 amide bonds. The van der Waals surface area contributed by atoms with Crippen molar-refractivity contribution >= 4 is 17.2 Å². The van der Waals surface area contributed by atoms with Gasteiger partial charge in [-0.3, -0.25) is 9.69 Å². The zero-order chi connectivity index (χ0) is 24.9. The number of rotatable bonds is 7. The summed E-state index contributed by atoms with van der Waals surface area (Å²) in [6.07, 6.45) is 5.65. The molecule has 0 saturated carbocycles. The van der Waals surface area contributed by atoms with Gasteiger partial charge in [0, 0.05) is 48.8 Å². The summed E-state index contributed by atoms with van der Waals surface area (Å²) < 4.78 is 0. The number of hydrogen-bond donors (Lipinski definition) is 2. The van der Waals surface area contributed by atoms with Crippen molar-refractivity contribution in [2.75, 3.05) is 18.8 Å². The van der Waals surface area contributed by atoms with E-state index in [2.05, 4.69) is 66.8 Å². The summed E-state index contributed by atoms with van der Waals surface area (Å²) in [4.78, 5) is 25.1. The first kappa shape index (κ1) is 24.7. The number of amides is 1. The molecule has 0 aliphatic carbocycles.